The van der Waals surface area contributed by atoms with Gasteiger partial charge in [0, 0.05) is 45.5 Å². The summed E-state index contributed by atoms with van der Waals surface area (Å²) in [6, 6.07) is 6.54. The molecule has 1 amide bonds. The zero-order chi connectivity index (χ0) is 22.6. The van der Waals surface area contributed by atoms with Gasteiger partial charge in [0.1, 0.15) is 12.4 Å². The van der Waals surface area contributed by atoms with Crippen LogP contribution in [0.15, 0.2) is 23.2 Å². The third kappa shape index (κ3) is 8.75. The third-order valence-electron chi connectivity index (χ3n) is 6.01. The molecular weight excluding hydrogens is 388 g/mol. The van der Waals surface area contributed by atoms with Gasteiger partial charge in [0.2, 0.25) is 5.91 Å². The maximum absolute atomic E-state index is 12.1. The number of carbonyl (C=O) groups excluding carboxylic acids is 1. The summed E-state index contributed by atoms with van der Waals surface area (Å²) in [6.45, 7) is 9.51. The normalized spacial score (nSPS) is 16.2. The quantitative estimate of drug-likeness (QED) is 0.441. The van der Waals surface area contributed by atoms with E-state index >= 15 is 0 Å². The predicted octanol–water partition coefficient (Wildman–Crippen LogP) is 3.20. The first kappa shape index (κ1) is 25.0. The number of piperidine rings is 1. The van der Waals surface area contributed by atoms with E-state index in [0.29, 0.717) is 12.0 Å². The van der Waals surface area contributed by atoms with Crippen LogP contribution in [0.2, 0.25) is 0 Å². The lowest BCUT2D eigenvalue weighted by Gasteiger charge is -2.34. The summed E-state index contributed by atoms with van der Waals surface area (Å²) in [5.41, 5.74) is 1.05. The van der Waals surface area contributed by atoms with Gasteiger partial charge in [0.25, 0.3) is 0 Å². The highest BCUT2D eigenvalue weighted by Crippen LogP contribution is 2.18. The number of likely N-dealkylation sites (N-methyl/N-ethyl adjacent to an activating group) is 1. The third-order valence-corrected chi connectivity index (χ3v) is 6.01. The van der Waals surface area contributed by atoms with E-state index in [1.807, 2.05) is 13.0 Å². The van der Waals surface area contributed by atoms with E-state index in [4.69, 9.17) is 0 Å². The molecule has 1 unspecified atom stereocenters. The number of carbonyl (C=O) groups is 1. The van der Waals surface area contributed by atoms with Crippen LogP contribution >= 0.6 is 0 Å². The minimum absolute atomic E-state index is 0.0134. The molecule has 0 aliphatic carbocycles. The van der Waals surface area contributed by atoms with Crippen molar-refractivity contribution in [1.29, 1.82) is 0 Å². The number of aliphatic imine (C=N–C) groups is 1. The van der Waals surface area contributed by atoms with Crippen molar-refractivity contribution in [2.75, 3.05) is 45.2 Å². The van der Waals surface area contributed by atoms with Crippen molar-refractivity contribution in [3.05, 3.63) is 23.9 Å². The van der Waals surface area contributed by atoms with Crippen molar-refractivity contribution in [3.63, 3.8) is 0 Å². The highest BCUT2D eigenvalue weighted by Gasteiger charge is 2.21. The molecule has 1 aliphatic rings. The lowest BCUT2D eigenvalue weighted by Crippen LogP contribution is -2.50. The average molecular weight is 431 g/mol. The molecule has 0 saturated carbocycles. The van der Waals surface area contributed by atoms with Crippen LogP contribution in [0.3, 0.4) is 0 Å². The van der Waals surface area contributed by atoms with Crippen molar-refractivity contribution in [2.45, 2.75) is 65.3 Å². The number of guanidine groups is 1. The predicted molar refractivity (Wildman–Crippen MR) is 130 cm³/mol. The number of aryl methyl sites for hydroxylation is 1. The molecule has 2 rings (SSSR count). The van der Waals surface area contributed by atoms with Gasteiger partial charge in [0.05, 0.1) is 0 Å². The van der Waals surface area contributed by atoms with Crippen molar-refractivity contribution < 1.29 is 4.79 Å². The molecule has 0 aromatic carbocycles. The SMILES string of the molecule is CCCCC(CC)CNC(=NCC(=O)N(C)C)NC1CCN(c2cccc(C)n2)CC1. The summed E-state index contributed by atoms with van der Waals surface area (Å²) < 4.78 is 0. The van der Waals surface area contributed by atoms with E-state index in [2.05, 4.69) is 51.5 Å². The summed E-state index contributed by atoms with van der Waals surface area (Å²) >= 11 is 0. The molecule has 1 saturated heterocycles. The number of pyridine rings is 1. The van der Waals surface area contributed by atoms with Gasteiger partial charge in [-0.1, -0.05) is 39.2 Å². The minimum atomic E-state index is 0.0134. The number of hydrogen-bond donors (Lipinski definition) is 2. The summed E-state index contributed by atoms with van der Waals surface area (Å²) in [6.07, 6.45) is 6.90. The molecule has 0 bridgehead atoms. The fraction of sp³-hybridized carbons (Fsp3) is 0.708. The molecule has 0 radical (unpaired) electrons. The largest absolute Gasteiger partial charge is 0.356 e. The van der Waals surface area contributed by atoms with Gasteiger partial charge in [0.15, 0.2) is 5.96 Å². The van der Waals surface area contributed by atoms with Crippen molar-refractivity contribution in [1.82, 2.24) is 20.5 Å². The molecule has 1 fully saturated rings. The number of hydrogen-bond acceptors (Lipinski definition) is 4. The molecule has 1 aliphatic heterocycles. The van der Waals surface area contributed by atoms with E-state index in [0.717, 1.165) is 56.4 Å². The standard InChI is InChI=1S/C24H42N6O/c1-6-8-11-20(7-2)17-25-24(26-18-23(31)29(4)5)28-21-13-15-30(16-14-21)22-12-9-10-19(3)27-22/h9-10,12,20-21H,6-8,11,13-18H2,1-5H3,(H2,25,26,28). The van der Waals surface area contributed by atoms with Gasteiger partial charge in [-0.3, -0.25) is 4.79 Å². The smallest absolute Gasteiger partial charge is 0.243 e. The van der Waals surface area contributed by atoms with Gasteiger partial charge in [-0.25, -0.2) is 9.98 Å². The zero-order valence-electron chi connectivity index (χ0n) is 20.2. The Hall–Kier alpha value is -2.31. The fourth-order valence-electron chi connectivity index (χ4n) is 3.78. The van der Waals surface area contributed by atoms with Crippen LogP contribution in [-0.2, 0) is 4.79 Å². The molecule has 0 spiro atoms. The monoisotopic (exact) mass is 430 g/mol. The van der Waals surface area contributed by atoms with Crippen LogP contribution in [0, 0.1) is 12.8 Å². The van der Waals surface area contributed by atoms with E-state index in [-0.39, 0.29) is 12.5 Å². The Morgan fingerprint density at radius 3 is 2.65 bits per heavy atom. The maximum Gasteiger partial charge on any atom is 0.243 e. The second-order valence-corrected chi connectivity index (χ2v) is 8.79. The van der Waals surface area contributed by atoms with E-state index in [9.17, 15) is 4.79 Å². The lowest BCUT2D eigenvalue weighted by atomic mass is 9.99. The Bertz CT molecular complexity index is 697. The highest BCUT2D eigenvalue weighted by atomic mass is 16.2. The Kier molecular flexibility index (Phi) is 10.6. The molecule has 7 heteroatoms. The van der Waals surface area contributed by atoms with E-state index in [1.165, 1.54) is 19.3 Å². The second-order valence-electron chi connectivity index (χ2n) is 8.79. The van der Waals surface area contributed by atoms with Crippen molar-refractivity contribution >= 4 is 17.7 Å². The van der Waals surface area contributed by atoms with Crippen molar-refractivity contribution in [3.8, 4) is 0 Å². The summed E-state index contributed by atoms with van der Waals surface area (Å²) in [7, 11) is 3.54. The number of nitrogens with one attached hydrogen (secondary N) is 2. The Balaban J connectivity index is 1.93. The van der Waals surface area contributed by atoms with Gasteiger partial charge < -0.3 is 20.4 Å². The molecular formula is C24H42N6O. The van der Waals surface area contributed by atoms with Crippen LogP contribution in [0.25, 0.3) is 0 Å². The van der Waals surface area contributed by atoms with Gasteiger partial charge in [-0.05, 0) is 44.2 Å². The van der Waals surface area contributed by atoms with Crippen LogP contribution < -0.4 is 15.5 Å². The molecule has 2 heterocycles. The van der Waals surface area contributed by atoms with Crippen LogP contribution in [0.5, 0.6) is 0 Å². The summed E-state index contributed by atoms with van der Waals surface area (Å²) in [5.74, 6) is 2.46. The van der Waals surface area contributed by atoms with E-state index < -0.39 is 0 Å². The van der Waals surface area contributed by atoms with E-state index in [1.54, 1.807) is 19.0 Å². The summed E-state index contributed by atoms with van der Waals surface area (Å²) in [4.78, 5) is 25.2. The fourth-order valence-corrected chi connectivity index (χ4v) is 3.78. The van der Waals surface area contributed by atoms with Gasteiger partial charge in [-0.2, -0.15) is 0 Å². The maximum atomic E-state index is 12.1. The minimum Gasteiger partial charge on any atom is -0.356 e. The number of anilines is 1. The average Bonchev–Trinajstić information content (AvgIpc) is 2.77. The number of aromatic nitrogens is 1. The first-order valence-corrected chi connectivity index (χ1v) is 11.9. The van der Waals surface area contributed by atoms with Crippen LogP contribution in [0.1, 0.15) is 58.1 Å². The highest BCUT2D eigenvalue weighted by molar-refractivity contribution is 5.85. The molecule has 1 atom stereocenters. The second kappa shape index (κ2) is 13.2. The number of rotatable bonds is 10. The van der Waals surface area contributed by atoms with Crippen molar-refractivity contribution in [2.24, 2.45) is 10.9 Å². The Morgan fingerprint density at radius 1 is 1.29 bits per heavy atom. The molecule has 174 valence electrons. The number of unbranched alkanes of at least 4 members (excludes halogenated alkanes) is 1. The molecule has 7 nitrogen and oxygen atoms in total. The van der Waals surface area contributed by atoms with Crippen LogP contribution in [-0.4, -0.2) is 68.1 Å². The molecule has 1 aromatic heterocycles. The number of nitrogens with zero attached hydrogens (tertiary/aromatic N) is 4. The van der Waals surface area contributed by atoms with Gasteiger partial charge in [-0.15, -0.1) is 0 Å². The van der Waals surface area contributed by atoms with Gasteiger partial charge >= 0.3 is 0 Å². The molecule has 1 aromatic rings. The summed E-state index contributed by atoms with van der Waals surface area (Å²) in [5, 5.41) is 7.10. The Labute approximate surface area is 188 Å². The zero-order valence-corrected chi connectivity index (χ0v) is 20.2. The Morgan fingerprint density at radius 2 is 2.03 bits per heavy atom. The first-order chi connectivity index (χ1) is 14.9. The topological polar surface area (TPSA) is 72.9 Å². The first-order valence-electron chi connectivity index (χ1n) is 11.9. The number of amides is 1. The lowest BCUT2D eigenvalue weighted by molar-refractivity contribution is -0.127. The molecule has 31 heavy (non-hydrogen) atoms. The van der Waals surface area contributed by atoms with Crippen LogP contribution in [0.4, 0.5) is 5.82 Å². The molecule has 2 N–H and O–H groups in total.